The van der Waals surface area contributed by atoms with Gasteiger partial charge in [-0.15, -0.1) is 0 Å². The van der Waals surface area contributed by atoms with Crippen molar-refractivity contribution in [1.82, 2.24) is 9.97 Å². The first-order chi connectivity index (χ1) is 12.5. The van der Waals surface area contributed by atoms with Crippen molar-refractivity contribution in [2.24, 2.45) is 5.92 Å². The third kappa shape index (κ3) is 3.74. The van der Waals surface area contributed by atoms with Crippen LogP contribution in [-0.2, 0) is 9.59 Å². The van der Waals surface area contributed by atoms with Crippen LogP contribution in [0.1, 0.15) is 20.3 Å². The number of pyridine rings is 1. The van der Waals surface area contributed by atoms with E-state index in [2.05, 4.69) is 20.6 Å². The fraction of sp³-hybridized carbons (Fsp3) is 0.250. The summed E-state index contributed by atoms with van der Waals surface area (Å²) >= 11 is 0. The molecule has 0 saturated carbocycles. The molecule has 2 heterocycles. The van der Waals surface area contributed by atoms with E-state index in [1.807, 2.05) is 51.4 Å². The number of aromatic nitrogens is 2. The van der Waals surface area contributed by atoms with Crippen molar-refractivity contribution in [1.29, 1.82) is 0 Å². The number of benzene rings is 1. The van der Waals surface area contributed by atoms with Crippen molar-refractivity contribution in [2.45, 2.75) is 20.3 Å². The van der Waals surface area contributed by atoms with Gasteiger partial charge >= 0.3 is 0 Å². The van der Waals surface area contributed by atoms with Crippen LogP contribution in [0.2, 0.25) is 0 Å². The minimum atomic E-state index is -0.575. The number of carbonyl (C=O) groups excluding carboxylic acids is 2. The smallest absolute Gasteiger partial charge is 0.291 e. The molecular weight excluding hydrogens is 328 g/mol. The SMILES string of the molecule is CNc1cnc2[nH]cc(-c3cccc(NC(=O)C(=O)CC(C)C)c3)c2c1. The van der Waals surface area contributed by atoms with Crippen molar-refractivity contribution in [3.63, 3.8) is 0 Å². The molecule has 6 nitrogen and oxygen atoms in total. The van der Waals surface area contributed by atoms with Crippen LogP contribution in [0.15, 0.2) is 42.7 Å². The summed E-state index contributed by atoms with van der Waals surface area (Å²) in [6.45, 7) is 3.83. The monoisotopic (exact) mass is 350 g/mol. The van der Waals surface area contributed by atoms with Gasteiger partial charge in [-0.1, -0.05) is 26.0 Å². The van der Waals surface area contributed by atoms with Gasteiger partial charge in [-0.2, -0.15) is 0 Å². The molecule has 0 saturated heterocycles. The number of aromatic amines is 1. The van der Waals surface area contributed by atoms with Gasteiger partial charge in [-0.05, 0) is 29.7 Å². The lowest BCUT2D eigenvalue weighted by Gasteiger charge is -2.08. The van der Waals surface area contributed by atoms with E-state index >= 15 is 0 Å². The summed E-state index contributed by atoms with van der Waals surface area (Å²) in [5.74, 6) is -0.825. The molecule has 0 aliphatic rings. The summed E-state index contributed by atoms with van der Waals surface area (Å²) in [7, 11) is 1.85. The summed E-state index contributed by atoms with van der Waals surface area (Å²) in [4.78, 5) is 31.5. The number of anilines is 2. The molecule has 1 aromatic carbocycles. The number of amides is 1. The molecule has 0 spiro atoms. The normalized spacial score (nSPS) is 10.9. The van der Waals surface area contributed by atoms with Crippen LogP contribution >= 0.6 is 0 Å². The van der Waals surface area contributed by atoms with E-state index in [0.717, 1.165) is 27.8 Å². The molecule has 0 bridgehead atoms. The highest BCUT2D eigenvalue weighted by atomic mass is 16.2. The largest absolute Gasteiger partial charge is 0.387 e. The summed E-state index contributed by atoms with van der Waals surface area (Å²) in [6, 6.07) is 9.46. The Kier molecular flexibility index (Phi) is 5.02. The number of hydrogen-bond donors (Lipinski definition) is 3. The van der Waals surface area contributed by atoms with Gasteiger partial charge in [0.05, 0.1) is 11.9 Å². The maximum Gasteiger partial charge on any atom is 0.291 e. The first-order valence-corrected chi connectivity index (χ1v) is 8.57. The zero-order chi connectivity index (χ0) is 18.7. The molecule has 0 aliphatic heterocycles. The maximum absolute atomic E-state index is 12.1. The van der Waals surface area contributed by atoms with E-state index in [9.17, 15) is 9.59 Å². The Morgan fingerprint density at radius 1 is 1.19 bits per heavy atom. The van der Waals surface area contributed by atoms with Crippen LogP contribution < -0.4 is 10.6 Å². The van der Waals surface area contributed by atoms with Crippen LogP contribution in [0.5, 0.6) is 0 Å². The zero-order valence-corrected chi connectivity index (χ0v) is 15.1. The third-order valence-electron chi connectivity index (χ3n) is 4.10. The standard InChI is InChI=1S/C20H22N4O2/c1-12(2)7-18(25)20(26)24-14-6-4-5-13(8-14)17-11-23-19-16(17)9-15(21-3)10-22-19/h4-6,8-12,21H,7H2,1-3H3,(H,22,23)(H,24,26). The van der Waals surface area contributed by atoms with Gasteiger partial charge in [0, 0.05) is 36.3 Å². The molecule has 0 fully saturated rings. The molecule has 1 amide bonds. The number of H-pyrrole nitrogens is 1. The van der Waals surface area contributed by atoms with Crippen LogP contribution in [-0.4, -0.2) is 28.7 Å². The summed E-state index contributed by atoms with van der Waals surface area (Å²) in [5.41, 5.74) is 4.22. The Balaban J connectivity index is 1.88. The van der Waals surface area contributed by atoms with Crippen LogP contribution in [0, 0.1) is 5.92 Å². The number of ketones is 1. The number of fused-ring (bicyclic) bond motifs is 1. The molecule has 3 rings (SSSR count). The number of carbonyl (C=O) groups is 2. The predicted octanol–water partition coefficient (Wildman–Crippen LogP) is 3.83. The summed E-state index contributed by atoms with van der Waals surface area (Å²) in [6.07, 6.45) is 3.90. The fourth-order valence-electron chi connectivity index (χ4n) is 2.81. The Labute approximate surface area is 152 Å². The fourth-order valence-corrected chi connectivity index (χ4v) is 2.81. The van der Waals surface area contributed by atoms with Gasteiger partial charge in [-0.25, -0.2) is 4.98 Å². The van der Waals surface area contributed by atoms with Gasteiger partial charge in [0.1, 0.15) is 5.65 Å². The van der Waals surface area contributed by atoms with Crippen LogP contribution in [0.4, 0.5) is 11.4 Å². The molecule has 0 radical (unpaired) electrons. The van der Waals surface area contributed by atoms with Crippen molar-refractivity contribution < 1.29 is 9.59 Å². The molecule has 26 heavy (non-hydrogen) atoms. The van der Waals surface area contributed by atoms with Gasteiger partial charge in [0.2, 0.25) is 5.78 Å². The molecule has 2 aromatic heterocycles. The van der Waals surface area contributed by atoms with E-state index < -0.39 is 11.7 Å². The Morgan fingerprint density at radius 2 is 2.00 bits per heavy atom. The number of nitrogens with one attached hydrogen (secondary N) is 3. The number of hydrogen-bond acceptors (Lipinski definition) is 4. The Morgan fingerprint density at radius 3 is 2.73 bits per heavy atom. The topological polar surface area (TPSA) is 86.9 Å². The second kappa shape index (κ2) is 7.39. The molecule has 3 aromatic rings. The first-order valence-electron chi connectivity index (χ1n) is 8.57. The van der Waals surface area contributed by atoms with E-state index in [1.54, 1.807) is 12.3 Å². The van der Waals surface area contributed by atoms with Crippen molar-refractivity contribution >= 4 is 34.1 Å². The van der Waals surface area contributed by atoms with E-state index in [1.165, 1.54) is 0 Å². The molecule has 0 atom stereocenters. The average Bonchev–Trinajstić information content (AvgIpc) is 3.04. The molecule has 3 N–H and O–H groups in total. The second-order valence-corrected chi connectivity index (χ2v) is 6.63. The van der Waals surface area contributed by atoms with Crippen molar-refractivity contribution in [2.75, 3.05) is 17.7 Å². The Bertz CT molecular complexity index is 959. The van der Waals surface area contributed by atoms with E-state index in [0.29, 0.717) is 5.69 Å². The number of nitrogens with zero attached hydrogens (tertiary/aromatic N) is 1. The lowest BCUT2D eigenvalue weighted by molar-refractivity contribution is -0.135. The maximum atomic E-state index is 12.1. The van der Waals surface area contributed by atoms with E-state index in [-0.39, 0.29) is 12.3 Å². The summed E-state index contributed by atoms with van der Waals surface area (Å²) < 4.78 is 0. The lowest BCUT2D eigenvalue weighted by Crippen LogP contribution is -2.23. The quantitative estimate of drug-likeness (QED) is 0.590. The lowest BCUT2D eigenvalue weighted by atomic mass is 10.0. The molecular formula is C20H22N4O2. The second-order valence-electron chi connectivity index (χ2n) is 6.63. The zero-order valence-electron chi connectivity index (χ0n) is 15.1. The minimum Gasteiger partial charge on any atom is -0.387 e. The highest BCUT2D eigenvalue weighted by Crippen LogP contribution is 2.30. The molecule has 134 valence electrons. The number of Topliss-reactive ketones (excluding diaryl/α,β-unsaturated/α-hetero) is 1. The van der Waals surface area contributed by atoms with Crippen LogP contribution in [0.3, 0.4) is 0 Å². The Hall–Kier alpha value is -3.15. The molecule has 6 heteroatoms. The van der Waals surface area contributed by atoms with Gasteiger partial charge in [0.25, 0.3) is 5.91 Å². The molecule has 0 unspecified atom stereocenters. The van der Waals surface area contributed by atoms with Gasteiger partial charge < -0.3 is 15.6 Å². The number of rotatable bonds is 6. The highest BCUT2D eigenvalue weighted by Gasteiger charge is 2.16. The van der Waals surface area contributed by atoms with Crippen molar-refractivity contribution in [3.05, 3.63) is 42.7 Å². The van der Waals surface area contributed by atoms with E-state index in [4.69, 9.17) is 0 Å². The minimum absolute atomic E-state index is 0.152. The third-order valence-corrected chi connectivity index (χ3v) is 4.10. The highest BCUT2D eigenvalue weighted by molar-refractivity contribution is 6.40. The van der Waals surface area contributed by atoms with Crippen LogP contribution in [0.25, 0.3) is 22.2 Å². The summed E-state index contributed by atoms with van der Waals surface area (Å²) in [5, 5.41) is 6.76. The predicted molar refractivity (Wildman–Crippen MR) is 104 cm³/mol. The molecule has 0 aliphatic carbocycles. The van der Waals surface area contributed by atoms with Gasteiger partial charge in [0.15, 0.2) is 0 Å². The first kappa shape index (κ1) is 17.7. The van der Waals surface area contributed by atoms with Crippen molar-refractivity contribution in [3.8, 4) is 11.1 Å². The average molecular weight is 350 g/mol. The van der Waals surface area contributed by atoms with Gasteiger partial charge in [-0.3, -0.25) is 9.59 Å².